The second-order valence-electron chi connectivity index (χ2n) is 3.82. The summed E-state index contributed by atoms with van der Waals surface area (Å²) in [6, 6.07) is 8.11. The van der Waals surface area contributed by atoms with E-state index < -0.39 is 10.0 Å². The number of rotatable bonds is 6. The van der Waals surface area contributed by atoms with Gasteiger partial charge in [0.2, 0.25) is 10.0 Å². The van der Waals surface area contributed by atoms with Crippen molar-refractivity contribution in [2.24, 2.45) is 5.14 Å². The van der Waals surface area contributed by atoms with Crippen molar-refractivity contribution < 1.29 is 8.42 Å². The molecule has 0 fully saturated rings. The second-order valence-corrected chi connectivity index (χ2v) is 5.56. The van der Waals surface area contributed by atoms with Crippen LogP contribution in [0.5, 0.6) is 0 Å². The van der Waals surface area contributed by atoms with Gasteiger partial charge < -0.3 is 5.32 Å². The maximum atomic E-state index is 10.7. The highest BCUT2D eigenvalue weighted by Crippen LogP contribution is 2.05. The van der Waals surface area contributed by atoms with Crippen LogP contribution in [0.3, 0.4) is 0 Å². The van der Waals surface area contributed by atoms with Gasteiger partial charge in [-0.1, -0.05) is 24.3 Å². The number of benzene rings is 1. The molecule has 0 unspecified atom stereocenters. The largest absolute Gasteiger partial charge is 0.313 e. The molecule has 90 valence electrons. The lowest BCUT2D eigenvalue weighted by molar-refractivity contribution is 0.590. The zero-order chi connectivity index (χ0) is 12.0. The second kappa shape index (κ2) is 5.98. The number of hydrogen-bond donors (Lipinski definition) is 2. The van der Waals surface area contributed by atoms with Crippen LogP contribution in [0.4, 0.5) is 0 Å². The Morgan fingerprint density at radius 2 is 2.00 bits per heavy atom. The maximum Gasteiger partial charge on any atom is 0.209 e. The SMILES string of the molecule is Cc1ccccc1CNCCCS(N)(=O)=O. The van der Waals surface area contributed by atoms with Gasteiger partial charge in [0.05, 0.1) is 5.75 Å². The van der Waals surface area contributed by atoms with Crippen molar-refractivity contribution in [2.75, 3.05) is 12.3 Å². The average Bonchev–Trinajstić information content (AvgIpc) is 2.18. The molecule has 1 rings (SSSR count). The van der Waals surface area contributed by atoms with Gasteiger partial charge in [-0.25, -0.2) is 13.6 Å². The van der Waals surface area contributed by atoms with E-state index in [1.165, 1.54) is 11.1 Å². The van der Waals surface area contributed by atoms with Crippen molar-refractivity contribution in [3.05, 3.63) is 35.4 Å². The van der Waals surface area contributed by atoms with Crippen LogP contribution in [0.15, 0.2) is 24.3 Å². The predicted octanol–water partition coefficient (Wildman–Crippen LogP) is 0.763. The summed E-state index contributed by atoms with van der Waals surface area (Å²) in [7, 11) is -3.32. The topological polar surface area (TPSA) is 72.2 Å². The fourth-order valence-corrected chi connectivity index (χ4v) is 1.98. The number of primary sulfonamides is 1. The van der Waals surface area contributed by atoms with Gasteiger partial charge in [0.25, 0.3) is 0 Å². The molecule has 0 atom stereocenters. The van der Waals surface area contributed by atoms with E-state index in [1.807, 2.05) is 12.1 Å². The van der Waals surface area contributed by atoms with Gasteiger partial charge in [0, 0.05) is 6.54 Å². The highest BCUT2D eigenvalue weighted by Gasteiger charge is 2.01. The summed E-state index contributed by atoms with van der Waals surface area (Å²) < 4.78 is 21.3. The summed E-state index contributed by atoms with van der Waals surface area (Å²) >= 11 is 0. The molecular weight excluding hydrogens is 224 g/mol. The zero-order valence-electron chi connectivity index (χ0n) is 9.44. The van der Waals surface area contributed by atoms with E-state index in [9.17, 15) is 8.42 Å². The number of nitrogens with two attached hydrogens (primary N) is 1. The lowest BCUT2D eigenvalue weighted by Crippen LogP contribution is -2.22. The smallest absolute Gasteiger partial charge is 0.209 e. The fourth-order valence-electron chi connectivity index (χ4n) is 1.43. The molecule has 0 aromatic heterocycles. The van der Waals surface area contributed by atoms with Gasteiger partial charge >= 0.3 is 0 Å². The van der Waals surface area contributed by atoms with Crippen molar-refractivity contribution in [3.63, 3.8) is 0 Å². The van der Waals surface area contributed by atoms with Gasteiger partial charge in [-0.15, -0.1) is 0 Å². The summed E-state index contributed by atoms with van der Waals surface area (Å²) in [5, 5.41) is 8.09. The monoisotopic (exact) mass is 242 g/mol. The first-order chi connectivity index (χ1) is 7.49. The maximum absolute atomic E-state index is 10.7. The van der Waals surface area contributed by atoms with Gasteiger partial charge in [-0.05, 0) is 31.0 Å². The Balaban J connectivity index is 2.24. The van der Waals surface area contributed by atoms with Crippen molar-refractivity contribution in [1.82, 2.24) is 5.32 Å². The number of nitrogens with one attached hydrogen (secondary N) is 1. The number of sulfonamides is 1. The minimum absolute atomic E-state index is 0.0355. The average molecular weight is 242 g/mol. The highest BCUT2D eigenvalue weighted by atomic mass is 32.2. The van der Waals surface area contributed by atoms with Gasteiger partial charge in [0.15, 0.2) is 0 Å². The molecule has 0 aliphatic carbocycles. The van der Waals surface area contributed by atoms with E-state index in [-0.39, 0.29) is 5.75 Å². The molecule has 4 nitrogen and oxygen atoms in total. The molecule has 0 saturated heterocycles. The van der Waals surface area contributed by atoms with E-state index in [2.05, 4.69) is 24.4 Å². The Bertz CT molecular complexity index is 429. The van der Waals surface area contributed by atoms with Crippen LogP contribution in [-0.4, -0.2) is 20.7 Å². The van der Waals surface area contributed by atoms with E-state index >= 15 is 0 Å². The molecule has 0 bridgehead atoms. The van der Waals surface area contributed by atoms with Gasteiger partial charge in [0.1, 0.15) is 0 Å². The highest BCUT2D eigenvalue weighted by molar-refractivity contribution is 7.89. The Labute approximate surface area is 96.9 Å². The molecular formula is C11H18N2O2S. The molecule has 3 N–H and O–H groups in total. The Kier molecular flexibility index (Phi) is 4.92. The van der Waals surface area contributed by atoms with E-state index in [0.29, 0.717) is 13.0 Å². The zero-order valence-corrected chi connectivity index (χ0v) is 10.3. The van der Waals surface area contributed by atoms with Crippen LogP contribution >= 0.6 is 0 Å². The standard InChI is InChI=1S/C11H18N2O2S/c1-10-5-2-3-6-11(10)9-13-7-4-8-16(12,14)15/h2-3,5-6,13H,4,7-9H2,1H3,(H2,12,14,15). The van der Waals surface area contributed by atoms with Crippen molar-refractivity contribution in [1.29, 1.82) is 0 Å². The predicted molar refractivity (Wildman–Crippen MR) is 65.5 cm³/mol. The first-order valence-electron chi connectivity index (χ1n) is 5.25. The molecule has 16 heavy (non-hydrogen) atoms. The van der Waals surface area contributed by atoms with Crippen molar-refractivity contribution >= 4 is 10.0 Å². The van der Waals surface area contributed by atoms with E-state index in [4.69, 9.17) is 5.14 Å². The van der Waals surface area contributed by atoms with Gasteiger partial charge in [-0.3, -0.25) is 0 Å². The van der Waals surface area contributed by atoms with Crippen molar-refractivity contribution in [3.8, 4) is 0 Å². The molecule has 1 aromatic rings. The fraction of sp³-hybridized carbons (Fsp3) is 0.455. The van der Waals surface area contributed by atoms with Crippen LogP contribution in [0.25, 0.3) is 0 Å². The van der Waals surface area contributed by atoms with Gasteiger partial charge in [-0.2, -0.15) is 0 Å². The summed E-state index contributed by atoms with van der Waals surface area (Å²) in [5.74, 6) is 0.0355. The first kappa shape index (κ1) is 13.2. The number of aryl methyl sites for hydroxylation is 1. The third kappa shape index (κ3) is 5.25. The van der Waals surface area contributed by atoms with Crippen LogP contribution in [0.2, 0.25) is 0 Å². The Morgan fingerprint density at radius 3 is 2.62 bits per heavy atom. The molecule has 0 radical (unpaired) electrons. The minimum atomic E-state index is -3.32. The third-order valence-corrected chi connectivity index (χ3v) is 3.22. The Hall–Kier alpha value is -0.910. The molecule has 0 amide bonds. The quantitative estimate of drug-likeness (QED) is 0.723. The van der Waals surface area contributed by atoms with Crippen LogP contribution in [0, 0.1) is 6.92 Å². The first-order valence-corrected chi connectivity index (χ1v) is 6.96. The van der Waals surface area contributed by atoms with Crippen LogP contribution < -0.4 is 10.5 Å². The number of hydrogen-bond acceptors (Lipinski definition) is 3. The summed E-state index contributed by atoms with van der Waals surface area (Å²) in [5.41, 5.74) is 2.47. The third-order valence-electron chi connectivity index (χ3n) is 2.36. The van der Waals surface area contributed by atoms with E-state index in [1.54, 1.807) is 0 Å². The van der Waals surface area contributed by atoms with Crippen LogP contribution in [0.1, 0.15) is 17.5 Å². The van der Waals surface area contributed by atoms with Crippen LogP contribution in [-0.2, 0) is 16.6 Å². The lowest BCUT2D eigenvalue weighted by Gasteiger charge is -2.06. The molecule has 5 heteroatoms. The van der Waals surface area contributed by atoms with E-state index in [0.717, 1.165) is 6.54 Å². The Morgan fingerprint density at radius 1 is 1.31 bits per heavy atom. The lowest BCUT2D eigenvalue weighted by atomic mass is 10.1. The molecule has 1 aromatic carbocycles. The normalized spacial score (nSPS) is 11.6. The minimum Gasteiger partial charge on any atom is -0.313 e. The molecule has 0 heterocycles. The summed E-state index contributed by atoms with van der Waals surface area (Å²) in [6.07, 6.45) is 0.546. The molecule has 0 spiro atoms. The van der Waals surface area contributed by atoms with Crippen molar-refractivity contribution in [2.45, 2.75) is 19.9 Å². The summed E-state index contributed by atoms with van der Waals surface area (Å²) in [4.78, 5) is 0. The molecule has 0 saturated carbocycles. The molecule has 0 aliphatic rings. The summed E-state index contributed by atoms with van der Waals surface area (Å²) in [6.45, 7) is 3.48. The molecule has 0 aliphatic heterocycles.